The maximum atomic E-state index is 12.8. The van der Waals surface area contributed by atoms with Crippen LogP contribution in [0.1, 0.15) is 67.1 Å². The summed E-state index contributed by atoms with van der Waals surface area (Å²) in [5.74, 6) is -0.198. The number of benzene rings is 1. The first-order chi connectivity index (χ1) is 9.37. The van der Waals surface area contributed by atoms with Crippen molar-refractivity contribution < 1.29 is 8.91 Å². The number of nitrogens with zero attached hydrogens (tertiary/aromatic N) is 1. The van der Waals surface area contributed by atoms with Crippen molar-refractivity contribution in [2.45, 2.75) is 59.0 Å². The Morgan fingerprint density at radius 1 is 1.28 bits per heavy atom. The van der Waals surface area contributed by atoms with Gasteiger partial charge in [-0.3, -0.25) is 4.79 Å². The molecule has 98 valence electrons. The van der Waals surface area contributed by atoms with E-state index in [1.165, 1.54) is 11.0 Å². The van der Waals surface area contributed by atoms with Gasteiger partial charge in [0.25, 0.3) is 5.91 Å². The zero-order chi connectivity index (χ0) is 16.3. The zero-order valence-corrected chi connectivity index (χ0v) is 12.0. The van der Waals surface area contributed by atoms with Gasteiger partial charge in [-0.15, -0.1) is 0 Å². The SMILES string of the molecule is [2H]c1cc2c(c(C(C)(C)C)c1[2H])C(=O)N(C(C)(C)C)C2[2H]. The Morgan fingerprint density at radius 2 is 1.89 bits per heavy atom. The molecular formula is C16H23NO. The zero-order valence-electron chi connectivity index (χ0n) is 15.0. The largest absolute Gasteiger partial charge is 0.329 e. The Balaban J connectivity index is 2.79. The molecule has 0 radical (unpaired) electrons. The monoisotopic (exact) mass is 248 g/mol. The number of rotatable bonds is 0. The lowest BCUT2D eigenvalue weighted by atomic mass is 9.82. The molecule has 0 aromatic heterocycles. The number of hydrogen-bond donors (Lipinski definition) is 0. The fourth-order valence-corrected chi connectivity index (χ4v) is 2.18. The van der Waals surface area contributed by atoms with Gasteiger partial charge in [0.05, 0.1) is 4.11 Å². The maximum Gasteiger partial charge on any atom is 0.255 e. The maximum absolute atomic E-state index is 12.8. The average Bonchev–Trinajstić information content (AvgIpc) is 2.50. The molecule has 1 heterocycles. The van der Waals surface area contributed by atoms with Gasteiger partial charge in [0, 0.05) is 17.6 Å². The third kappa shape index (κ3) is 2.05. The van der Waals surface area contributed by atoms with Crippen LogP contribution in [0.5, 0.6) is 0 Å². The topological polar surface area (TPSA) is 20.3 Å². The van der Waals surface area contributed by atoms with Gasteiger partial charge in [-0.2, -0.15) is 0 Å². The second kappa shape index (κ2) is 3.84. The van der Waals surface area contributed by atoms with Gasteiger partial charge in [0.1, 0.15) is 0 Å². The first kappa shape index (κ1) is 9.60. The summed E-state index contributed by atoms with van der Waals surface area (Å²) in [4.78, 5) is 14.4. The second-order valence-corrected chi connectivity index (χ2v) is 6.84. The van der Waals surface area contributed by atoms with Crippen LogP contribution in [0, 0.1) is 0 Å². The van der Waals surface area contributed by atoms with E-state index in [0.717, 1.165) is 0 Å². The van der Waals surface area contributed by atoms with Crippen LogP contribution in [0.2, 0.25) is 0 Å². The van der Waals surface area contributed by atoms with E-state index in [9.17, 15) is 4.79 Å². The summed E-state index contributed by atoms with van der Waals surface area (Å²) in [5.41, 5.74) is 0.710. The quantitative estimate of drug-likeness (QED) is 0.685. The molecule has 0 N–H and O–H groups in total. The Labute approximate surface area is 114 Å². The third-order valence-corrected chi connectivity index (χ3v) is 3.14. The smallest absolute Gasteiger partial charge is 0.255 e. The summed E-state index contributed by atoms with van der Waals surface area (Å²) >= 11 is 0. The first-order valence-corrected chi connectivity index (χ1v) is 6.28. The molecule has 2 heteroatoms. The van der Waals surface area contributed by atoms with Crippen molar-refractivity contribution in [1.82, 2.24) is 4.90 Å². The van der Waals surface area contributed by atoms with Crippen LogP contribution >= 0.6 is 0 Å². The Morgan fingerprint density at radius 3 is 2.39 bits per heavy atom. The van der Waals surface area contributed by atoms with E-state index in [-0.39, 0.29) is 18.0 Å². The summed E-state index contributed by atoms with van der Waals surface area (Å²) in [6, 6.07) is 1.69. The molecule has 1 atom stereocenters. The van der Waals surface area contributed by atoms with Crippen LogP contribution in [0.15, 0.2) is 18.2 Å². The van der Waals surface area contributed by atoms with Crippen LogP contribution < -0.4 is 0 Å². The molecule has 1 aliphatic rings. The molecule has 0 saturated carbocycles. The van der Waals surface area contributed by atoms with E-state index < -0.39 is 17.5 Å². The van der Waals surface area contributed by atoms with Gasteiger partial charge in [-0.05, 0) is 37.3 Å². The van der Waals surface area contributed by atoms with Gasteiger partial charge in [-0.25, -0.2) is 0 Å². The van der Waals surface area contributed by atoms with Crippen molar-refractivity contribution >= 4 is 5.91 Å². The van der Waals surface area contributed by atoms with E-state index >= 15 is 0 Å². The van der Waals surface area contributed by atoms with Crippen molar-refractivity contribution in [3.05, 3.63) is 34.8 Å². The van der Waals surface area contributed by atoms with E-state index in [1.807, 2.05) is 41.5 Å². The fourth-order valence-electron chi connectivity index (χ4n) is 2.18. The molecule has 1 aliphatic heterocycles. The number of carbonyl (C=O) groups is 1. The lowest BCUT2D eigenvalue weighted by Crippen LogP contribution is -2.41. The Hall–Kier alpha value is -1.31. The predicted molar refractivity (Wildman–Crippen MR) is 74.8 cm³/mol. The molecule has 0 aliphatic carbocycles. The molecule has 0 bridgehead atoms. The van der Waals surface area contributed by atoms with E-state index in [1.54, 1.807) is 0 Å². The van der Waals surface area contributed by atoms with Gasteiger partial charge < -0.3 is 4.90 Å². The van der Waals surface area contributed by atoms with Crippen molar-refractivity contribution in [1.29, 1.82) is 0 Å². The Bertz CT molecular complexity index is 611. The average molecular weight is 248 g/mol. The number of carbonyl (C=O) groups excluding carboxylic acids is 1. The van der Waals surface area contributed by atoms with Crippen LogP contribution in [-0.4, -0.2) is 16.3 Å². The van der Waals surface area contributed by atoms with Crippen LogP contribution in [0.3, 0.4) is 0 Å². The molecule has 1 aromatic rings. The normalized spacial score (nSPS) is 22.6. The van der Waals surface area contributed by atoms with Crippen LogP contribution in [0.4, 0.5) is 0 Å². The summed E-state index contributed by atoms with van der Waals surface area (Å²) < 4.78 is 24.5. The molecule has 2 rings (SSSR count). The van der Waals surface area contributed by atoms with Crippen molar-refractivity contribution in [3.8, 4) is 0 Å². The van der Waals surface area contributed by atoms with E-state index in [0.29, 0.717) is 16.7 Å². The highest BCUT2D eigenvalue weighted by Gasteiger charge is 2.37. The lowest BCUT2D eigenvalue weighted by Gasteiger charge is -2.32. The van der Waals surface area contributed by atoms with Crippen molar-refractivity contribution in [3.63, 3.8) is 0 Å². The van der Waals surface area contributed by atoms with Gasteiger partial charge >= 0.3 is 0 Å². The molecule has 0 spiro atoms. The molecule has 0 saturated heterocycles. The highest BCUT2D eigenvalue weighted by molar-refractivity contribution is 6.00. The summed E-state index contributed by atoms with van der Waals surface area (Å²) in [5, 5.41) is 0. The van der Waals surface area contributed by atoms with Gasteiger partial charge in [-0.1, -0.05) is 38.9 Å². The number of amides is 1. The molecule has 2 nitrogen and oxygen atoms in total. The Kier molecular flexibility index (Phi) is 2.05. The summed E-state index contributed by atoms with van der Waals surface area (Å²) in [6.07, 6.45) is 0. The minimum Gasteiger partial charge on any atom is -0.329 e. The van der Waals surface area contributed by atoms with E-state index in [4.69, 9.17) is 4.11 Å². The molecule has 1 unspecified atom stereocenters. The predicted octanol–water partition coefficient (Wildman–Crippen LogP) is 3.74. The lowest BCUT2D eigenvalue weighted by molar-refractivity contribution is 0.0608. The van der Waals surface area contributed by atoms with Crippen LogP contribution in [0.25, 0.3) is 0 Å². The molecule has 0 fully saturated rings. The van der Waals surface area contributed by atoms with Gasteiger partial charge in [0.2, 0.25) is 0 Å². The van der Waals surface area contributed by atoms with Gasteiger partial charge in [0.15, 0.2) is 0 Å². The summed E-state index contributed by atoms with van der Waals surface area (Å²) in [6.45, 7) is 10.7. The molecular weight excluding hydrogens is 222 g/mol. The minimum atomic E-state index is -0.807. The highest BCUT2D eigenvalue weighted by atomic mass is 16.2. The highest BCUT2D eigenvalue weighted by Crippen LogP contribution is 2.35. The van der Waals surface area contributed by atoms with E-state index in [2.05, 4.69) is 0 Å². The summed E-state index contributed by atoms with van der Waals surface area (Å²) in [7, 11) is 0. The van der Waals surface area contributed by atoms with Crippen LogP contribution in [-0.2, 0) is 11.9 Å². The standard InChI is InChI=1S/C16H23NO/c1-15(2,3)12-9-7-8-11-10-17(16(4,5)6)14(18)13(11)12/h7-9H,10H2,1-6H3/i7D,9D,10D. The molecule has 1 aromatic carbocycles. The first-order valence-electron chi connectivity index (χ1n) is 7.85. The van der Waals surface area contributed by atoms with Crippen molar-refractivity contribution in [2.24, 2.45) is 0 Å². The molecule has 1 amide bonds. The van der Waals surface area contributed by atoms with Crippen molar-refractivity contribution in [2.75, 3.05) is 0 Å². The second-order valence-electron chi connectivity index (χ2n) is 6.84. The third-order valence-electron chi connectivity index (χ3n) is 3.14. The number of fused-ring (bicyclic) bond motifs is 1. The minimum absolute atomic E-state index is 0.0829. The molecule has 18 heavy (non-hydrogen) atoms. The number of hydrogen-bond acceptors (Lipinski definition) is 1. The fraction of sp³-hybridized carbons (Fsp3) is 0.562.